The van der Waals surface area contributed by atoms with Gasteiger partial charge in [-0.15, -0.1) is 0 Å². The zero-order valence-corrected chi connectivity index (χ0v) is 12.8. The fourth-order valence-electron chi connectivity index (χ4n) is 1.19. The summed E-state index contributed by atoms with van der Waals surface area (Å²) >= 11 is 12.3. The van der Waals surface area contributed by atoms with Crippen molar-refractivity contribution >= 4 is 55.1 Å². The first-order valence-corrected chi connectivity index (χ1v) is 6.76. The van der Waals surface area contributed by atoms with Crippen LogP contribution in [0.5, 0.6) is 0 Å². The van der Waals surface area contributed by atoms with Crippen molar-refractivity contribution in [3.05, 3.63) is 50.4 Å². The number of aromatic nitrogens is 2. The Morgan fingerprint density at radius 3 is 2.61 bits per heavy atom. The lowest BCUT2D eigenvalue weighted by Crippen LogP contribution is -2.13. The Morgan fingerprint density at radius 2 is 2.00 bits per heavy atom. The van der Waals surface area contributed by atoms with Gasteiger partial charge in [-0.25, -0.2) is 9.97 Å². The lowest BCUT2D eigenvalue weighted by atomic mass is 10.3. The molecule has 7 heteroatoms. The zero-order valence-electron chi connectivity index (χ0n) is 8.82. The van der Waals surface area contributed by atoms with Gasteiger partial charge >= 0.3 is 0 Å². The fourth-order valence-corrected chi connectivity index (χ4v) is 1.88. The summed E-state index contributed by atoms with van der Waals surface area (Å²) in [6.45, 7) is 0. The molecular weight excluding hydrogens is 385 g/mol. The molecule has 4 nitrogen and oxygen atoms in total. The van der Waals surface area contributed by atoms with Gasteiger partial charge in [0.05, 0.1) is 16.4 Å². The van der Waals surface area contributed by atoms with Gasteiger partial charge in [-0.1, -0.05) is 11.6 Å². The molecule has 2 aromatic heterocycles. The van der Waals surface area contributed by atoms with E-state index in [9.17, 15) is 4.79 Å². The largest absolute Gasteiger partial charge is 0.319 e. The summed E-state index contributed by atoms with van der Waals surface area (Å²) in [5.41, 5.74) is 0.866. The topological polar surface area (TPSA) is 54.9 Å². The third kappa shape index (κ3) is 3.28. The van der Waals surface area contributed by atoms with E-state index in [0.29, 0.717) is 21.0 Å². The van der Waals surface area contributed by atoms with Crippen molar-refractivity contribution in [2.24, 2.45) is 0 Å². The lowest BCUT2D eigenvalue weighted by Gasteiger charge is -2.05. The maximum Gasteiger partial charge on any atom is 0.274 e. The van der Waals surface area contributed by atoms with Gasteiger partial charge in [-0.3, -0.25) is 4.79 Å². The minimum absolute atomic E-state index is 0.307. The van der Waals surface area contributed by atoms with Gasteiger partial charge in [0, 0.05) is 10.7 Å². The number of pyridine rings is 2. The molecule has 0 aliphatic carbocycles. The number of amides is 1. The maximum absolute atomic E-state index is 11.9. The average Bonchev–Trinajstić information content (AvgIpc) is 2.34. The van der Waals surface area contributed by atoms with Crippen LogP contribution in [-0.2, 0) is 0 Å². The van der Waals surface area contributed by atoms with Crippen LogP contribution in [0.25, 0.3) is 0 Å². The predicted octanol–water partition coefficient (Wildman–Crippen LogP) is 3.91. The highest BCUT2D eigenvalue weighted by atomic mass is 79.9. The standard InChI is InChI=1S/C11H6Br2ClN3O/c12-6-1-2-9(15-4-6)11(18)17-7-3-8(13)10(14)16-5-7/h1-5H,(H,17,18). The number of hydrogen-bond donors (Lipinski definition) is 1. The van der Waals surface area contributed by atoms with E-state index in [0.717, 1.165) is 4.47 Å². The molecule has 2 heterocycles. The van der Waals surface area contributed by atoms with E-state index in [1.54, 1.807) is 24.4 Å². The number of carbonyl (C=O) groups excluding carboxylic acids is 1. The summed E-state index contributed by atoms with van der Waals surface area (Å²) in [6, 6.07) is 5.04. The Hall–Kier alpha value is -0.980. The summed E-state index contributed by atoms with van der Waals surface area (Å²) < 4.78 is 1.43. The average molecular weight is 391 g/mol. The molecule has 2 aromatic rings. The van der Waals surface area contributed by atoms with E-state index in [1.807, 2.05) is 0 Å². The number of nitrogens with one attached hydrogen (secondary N) is 1. The van der Waals surface area contributed by atoms with Crippen molar-refractivity contribution in [3.63, 3.8) is 0 Å². The molecule has 0 aliphatic rings. The highest BCUT2D eigenvalue weighted by Gasteiger charge is 2.08. The monoisotopic (exact) mass is 389 g/mol. The molecule has 0 spiro atoms. The van der Waals surface area contributed by atoms with Gasteiger partial charge in [-0.2, -0.15) is 0 Å². The van der Waals surface area contributed by atoms with Crippen molar-refractivity contribution in [2.45, 2.75) is 0 Å². The van der Waals surface area contributed by atoms with Crippen LogP contribution < -0.4 is 5.32 Å². The number of rotatable bonds is 2. The van der Waals surface area contributed by atoms with Gasteiger partial charge in [0.1, 0.15) is 10.8 Å². The van der Waals surface area contributed by atoms with Crippen molar-refractivity contribution in [2.75, 3.05) is 5.32 Å². The van der Waals surface area contributed by atoms with Crippen LogP contribution in [-0.4, -0.2) is 15.9 Å². The Morgan fingerprint density at radius 1 is 1.22 bits per heavy atom. The fraction of sp³-hybridized carbons (Fsp3) is 0. The Bertz CT molecular complexity index is 589. The molecule has 0 aliphatic heterocycles. The number of nitrogens with zero attached hydrogens (tertiary/aromatic N) is 2. The molecule has 0 fully saturated rings. The third-order valence-electron chi connectivity index (χ3n) is 2.01. The van der Waals surface area contributed by atoms with Gasteiger partial charge < -0.3 is 5.32 Å². The number of anilines is 1. The summed E-state index contributed by atoms with van der Waals surface area (Å²) in [5, 5.41) is 3.02. The van der Waals surface area contributed by atoms with E-state index in [-0.39, 0.29) is 5.91 Å². The first-order valence-electron chi connectivity index (χ1n) is 4.80. The molecule has 0 radical (unpaired) electrons. The van der Waals surface area contributed by atoms with Crippen LogP contribution in [0.15, 0.2) is 39.5 Å². The lowest BCUT2D eigenvalue weighted by molar-refractivity contribution is 0.102. The van der Waals surface area contributed by atoms with E-state index in [1.165, 1.54) is 6.20 Å². The second-order valence-corrected chi connectivity index (χ2v) is 5.44. The molecule has 92 valence electrons. The SMILES string of the molecule is O=C(Nc1cnc(Cl)c(Br)c1)c1ccc(Br)cn1. The van der Waals surface area contributed by atoms with Crippen LogP contribution >= 0.6 is 43.5 Å². The quantitative estimate of drug-likeness (QED) is 0.790. The Balaban J connectivity index is 2.16. The number of carbonyl (C=O) groups is 1. The molecule has 0 unspecified atom stereocenters. The van der Waals surface area contributed by atoms with Crippen molar-refractivity contribution < 1.29 is 4.79 Å². The minimum atomic E-state index is -0.307. The van der Waals surface area contributed by atoms with Crippen molar-refractivity contribution in [1.82, 2.24) is 9.97 Å². The summed E-state index contributed by atoms with van der Waals surface area (Å²) in [5.74, 6) is -0.307. The maximum atomic E-state index is 11.9. The second-order valence-electron chi connectivity index (χ2n) is 3.31. The first-order chi connectivity index (χ1) is 8.56. The van der Waals surface area contributed by atoms with Crippen LogP contribution in [0.4, 0.5) is 5.69 Å². The smallest absolute Gasteiger partial charge is 0.274 e. The zero-order chi connectivity index (χ0) is 13.1. The second kappa shape index (κ2) is 5.77. The predicted molar refractivity (Wildman–Crippen MR) is 76.8 cm³/mol. The van der Waals surface area contributed by atoms with Crippen LogP contribution in [0.1, 0.15) is 10.5 Å². The summed E-state index contributed by atoms with van der Waals surface area (Å²) in [7, 11) is 0. The molecule has 0 saturated heterocycles. The molecule has 0 saturated carbocycles. The highest BCUT2D eigenvalue weighted by Crippen LogP contribution is 2.23. The van der Waals surface area contributed by atoms with Gasteiger partial charge in [0.2, 0.25) is 0 Å². The minimum Gasteiger partial charge on any atom is -0.319 e. The van der Waals surface area contributed by atoms with Crippen LogP contribution in [0.2, 0.25) is 5.15 Å². The van der Waals surface area contributed by atoms with Crippen molar-refractivity contribution in [1.29, 1.82) is 0 Å². The van der Waals surface area contributed by atoms with Crippen LogP contribution in [0.3, 0.4) is 0 Å². The molecule has 1 N–H and O–H groups in total. The highest BCUT2D eigenvalue weighted by molar-refractivity contribution is 9.10. The number of hydrogen-bond acceptors (Lipinski definition) is 3. The van der Waals surface area contributed by atoms with E-state index in [2.05, 4.69) is 47.1 Å². The summed E-state index contributed by atoms with van der Waals surface area (Å²) in [6.07, 6.45) is 3.04. The Labute approximate surface area is 125 Å². The third-order valence-corrected chi connectivity index (χ3v) is 3.62. The van der Waals surface area contributed by atoms with E-state index in [4.69, 9.17) is 11.6 Å². The molecule has 2 rings (SSSR count). The molecule has 18 heavy (non-hydrogen) atoms. The molecular formula is C11H6Br2ClN3O. The molecule has 0 aromatic carbocycles. The summed E-state index contributed by atoms with van der Waals surface area (Å²) in [4.78, 5) is 19.8. The van der Waals surface area contributed by atoms with E-state index >= 15 is 0 Å². The molecule has 1 amide bonds. The van der Waals surface area contributed by atoms with Crippen LogP contribution in [0, 0.1) is 0 Å². The molecule has 0 bridgehead atoms. The molecule has 0 atom stereocenters. The van der Waals surface area contributed by atoms with Gasteiger partial charge in [0.25, 0.3) is 5.91 Å². The van der Waals surface area contributed by atoms with E-state index < -0.39 is 0 Å². The van der Waals surface area contributed by atoms with Gasteiger partial charge in [0.15, 0.2) is 0 Å². The van der Waals surface area contributed by atoms with Crippen molar-refractivity contribution in [3.8, 4) is 0 Å². The Kier molecular flexibility index (Phi) is 4.31. The normalized spacial score (nSPS) is 10.2. The number of halogens is 3. The van der Waals surface area contributed by atoms with Gasteiger partial charge in [-0.05, 0) is 50.1 Å². The first kappa shape index (κ1) is 13.5.